The molecule has 1 heterocycles. The van der Waals surface area contributed by atoms with Crippen molar-refractivity contribution in [3.63, 3.8) is 0 Å². The minimum Gasteiger partial charge on any atom is -0.467 e. The Morgan fingerprint density at radius 3 is 1.97 bits per heavy atom. The molecular formula is C24H32O11. The molecule has 0 saturated carbocycles. The van der Waals surface area contributed by atoms with Crippen LogP contribution in [0.5, 0.6) is 0 Å². The van der Waals surface area contributed by atoms with Gasteiger partial charge in [0.15, 0.2) is 30.7 Å². The van der Waals surface area contributed by atoms with E-state index in [1.807, 2.05) is 30.3 Å². The van der Waals surface area contributed by atoms with Crippen LogP contribution in [0.25, 0.3) is 0 Å². The van der Waals surface area contributed by atoms with Crippen molar-refractivity contribution in [3.8, 4) is 0 Å². The topological polar surface area (TPSA) is 133 Å². The molecule has 1 aromatic rings. The molecule has 1 saturated heterocycles. The van der Waals surface area contributed by atoms with Crippen molar-refractivity contribution in [1.29, 1.82) is 0 Å². The van der Waals surface area contributed by atoms with Crippen molar-refractivity contribution in [1.82, 2.24) is 0 Å². The maximum Gasteiger partial charge on any atom is 0.339 e. The first-order valence-corrected chi connectivity index (χ1v) is 11.2. The van der Waals surface area contributed by atoms with Crippen LogP contribution in [-0.4, -0.2) is 74.9 Å². The molecule has 5 atom stereocenters. The number of methoxy groups -OCH3 is 1. The molecule has 11 heteroatoms. The van der Waals surface area contributed by atoms with E-state index < -0.39 is 54.6 Å². The normalized spacial score (nSPS) is 23.7. The fourth-order valence-electron chi connectivity index (χ4n) is 3.48. The van der Waals surface area contributed by atoms with Crippen molar-refractivity contribution >= 4 is 23.9 Å². The molecule has 0 unspecified atom stereocenters. The van der Waals surface area contributed by atoms with Gasteiger partial charge in [-0.15, -0.1) is 0 Å². The van der Waals surface area contributed by atoms with E-state index in [1.165, 1.54) is 0 Å². The average molecular weight is 497 g/mol. The van der Waals surface area contributed by atoms with Crippen molar-refractivity contribution in [2.24, 2.45) is 0 Å². The second-order valence-electron chi connectivity index (χ2n) is 7.79. The zero-order valence-corrected chi connectivity index (χ0v) is 20.3. The Labute approximate surface area is 203 Å². The highest BCUT2D eigenvalue weighted by Crippen LogP contribution is 2.30. The van der Waals surface area contributed by atoms with Crippen LogP contribution in [0, 0.1) is 0 Å². The van der Waals surface area contributed by atoms with E-state index in [0.29, 0.717) is 26.1 Å². The Kier molecular flexibility index (Phi) is 11.6. The van der Waals surface area contributed by atoms with Crippen molar-refractivity contribution in [2.45, 2.75) is 70.9 Å². The number of rotatable bonds is 12. The molecule has 1 aliphatic rings. The number of unbranched alkanes of at least 4 members (excludes halogenated alkanes) is 1. The first kappa shape index (κ1) is 28.2. The molecule has 0 amide bonds. The van der Waals surface area contributed by atoms with Gasteiger partial charge in [0.2, 0.25) is 0 Å². The van der Waals surface area contributed by atoms with Crippen LogP contribution in [0.3, 0.4) is 0 Å². The van der Waals surface area contributed by atoms with Crippen molar-refractivity contribution in [3.05, 3.63) is 35.9 Å². The smallest absolute Gasteiger partial charge is 0.339 e. The molecule has 11 nitrogen and oxygen atoms in total. The van der Waals surface area contributed by atoms with E-state index in [0.717, 1.165) is 33.4 Å². The molecule has 0 spiro atoms. The summed E-state index contributed by atoms with van der Waals surface area (Å²) in [4.78, 5) is 47.6. The molecule has 194 valence electrons. The molecule has 0 radical (unpaired) electrons. The van der Waals surface area contributed by atoms with Gasteiger partial charge in [0.25, 0.3) is 0 Å². The number of carbonyl (C=O) groups excluding carboxylic acids is 4. The SMILES string of the molecule is COC(=O)[C@H]1O[C@@H](OCCCCOCc2ccccc2)[C@H](OC(C)=O)[C@@H](OC(C)=O)[C@@H]1OC(C)=O. The first-order valence-electron chi connectivity index (χ1n) is 11.2. The Morgan fingerprint density at radius 2 is 1.37 bits per heavy atom. The summed E-state index contributed by atoms with van der Waals surface area (Å²) in [6, 6.07) is 9.75. The molecule has 2 rings (SSSR count). The lowest BCUT2D eigenvalue weighted by Crippen LogP contribution is -2.63. The van der Waals surface area contributed by atoms with E-state index >= 15 is 0 Å². The van der Waals surface area contributed by atoms with Gasteiger partial charge < -0.3 is 33.2 Å². The third-order valence-electron chi connectivity index (χ3n) is 4.91. The summed E-state index contributed by atoms with van der Waals surface area (Å²) >= 11 is 0. The second-order valence-corrected chi connectivity index (χ2v) is 7.79. The molecule has 0 N–H and O–H groups in total. The molecule has 0 aromatic heterocycles. The molecule has 35 heavy (non-hydrogen) atoms. The Hall–Kier alpha value is -3.02. The summed E-state index contributed by atoms with van der Waals surface area (Å²) in [7, 11) is 1.13. The van der Waals surface area contributed by atoms with Crippen LogP contribution < -0.4 is 0 Å². The van der Waals surface area contributed by atoms with E-state index in [2.05, 4.69) is 0 Å². The second kappa shape index (κ2) is 14.4. The van der Waals surface area contributed by atoms with Crippen LogP contribution in [0.1, 0.15) is 39.2 Å². The zero-order chi connectivity index (χ0) is 25.8. The fraction of sp³-hybridized carbons (Fsp3) is 0.583. The summed E-state index contributed by atoms with van der Waals surface area (Å²) in [5, 5.41) is 0. The standard InChI is InChI=1S/C24H32O11/c1-15(25)32-19-20(33-16(2)26)22(34-17(3)27)24(35-21(19)23(28)29-4)31-13-9-8-12-30-14-18-10-6-5-7-11-18/h5-7,10-11,19-22,24H,8-9,12-14H2,1-4H3/t19-,20-,21-,22+,24+/m0/s1. The number of hydrogen-bond acceptors (Lipinski definition) is 11. The predicted molar refractivity (Wildman–Crippen MR) is 119 cm³/mol. The number of benzene rings is 1. The highest BCUT2D eigenvalue weighted by Gasteiger charge is 2.55. The minimum absolute atomic E-state index is 0.163. The van der Waals surface area contributed by atoms with Gasteiger partial charge in [0, 0.05) is 34.0 Å². The number of carbonyl (C=O) groups is 4. The third kappa shape index (κ3) is 9.27. The molecule has 1 fully saturated rings. The van der Waals surface area contributed by atoms with Gasteiger partial charge >= 0.3 is 23.9 Å². The van der Waals surface area contributed by atoms with E-state index in [1.54, 1.807) is 0 Å². The summed E-state index contributed by atoms with van der Waals surface area (Å²) in [6.45, 7) is 4.54. The molecule has 1 aromatic carbocycles. The lowest BCUT2D eigenvalue weighted by atomic mass is 9.97. The van der Waals surface area contributed by atoms with Crippen LogP contribution in [0.4, 0.5) is 0 Å². The molecule has 0 bridgehead atoms. The summed E-state index contributed by atoms with van der Waals surface area (Å²) in [5.74, 6) is -3.10. The fourth-order valence-corrected chi connectivity index (χ4v) is 3.48. The Balaban J connectivity index is 2.03. The average Bonchev–Trinajstić information content (AvgIpc) is 2.80. The third-order valence-corrected chi connectivity index (χ3v) is 4.91. The van der Waals surface area contributed by atoms with Crippen molar-refractivity contribution in [2.75, 3.05) is 20.3 Å². The molecular weight excluding hydrogens is 464 g/mol. The van der Waals surface area contributed by atoms with Gasteiger partial charge in [0.1, 0.15) is 0 Å². The minimum atomic E-state index is -1.47. The van der Waals surface area contributed by atoms with Gasteiger partial charge in [-0.3, -0.25) is 14.4 Å². The highest BCUT2D eigenvalue weighted by molar-refractivity contribution is 5.77. The zero-order valence-electron chi connectivity index (χ0n) is 20.3. The van der Waals surface area contributed by atoms with E-state index in [-0.39, 0.29) is 6.61 Å². The number of esters is 4. The van der Waals surface area contributed by atoms with Gasteiger partial charge in [0.05, 0.1) is 13.7 Å². The number of hydrogen-bond donors (Lipinski definition) is 0. The lowest BCUT2D eigenvalue weighted by molar-refractivity contribution is -0.301. The summed E-state index contributed by atoms with van der Waals surface area (Å²) in [6.07, 6.45) is -5.60. The van der Waals surface area contributed by atoms with Gasteiger partial charge in [-0.25, -0.2) is 4.79 Å². The Bertz CT molecular complexity index is 841. The van der Waals surface area contributed by atoms with Gasteiger partial charge in [-0.1, -0.05) is 30.3 Å². The largest absolute Gasteiger partial charge is 0.467 e. The maximum atomic E-state index is 12.4. The first-order chi connectivity index (χ1) is 16.7. The highest BCUT2D eigenvalue weighted by atomic mass is 16.7. The van der Waals surface area contributed by atoms with Crippen molar-refractivity contribution < 1.29 is 52.3 Å². The van der Waals surface area contributed by atoms with Crippen LogP contribution in [0.2, 0.25) is 0 Å². The molecule has 0 aliphatic carbocycles. The molecule has 1 aliphatic heterocycles. The van der Waals surface area contributed by atoms with Crippen LogP contribution >= 0.6 is 0 Å². The van der Waals surface area contributed by atoms with Gasteiger partial charge in [-0.2, -0.15) is 0 Å². The van der Waals surface area contributed by atoms with Crippen LogP contribution in [0.15, 0.2) is 30.3 Å². The van der Waals surface area contributed by atoms with Crippen LogP contribution in [-0.2, 0) is 58.9 Å². The summed E-state index contributed by atoms with van der Waals surface area (Å²) in [5.41, 5.74) is 1.07. The van der Waals surface area contributed by atoms with E-state index in [9.17, 15) is 19.2 Å². The maximum absolute atomic E-state index is 12.4. The van der Waals surface area contributed by atoms with Gasteiger partial charge in [-0.05, 0) is 18.4 Å². The van der Waals surface area contributed by atoms with E-state index in [4.69, 9.17) is 33.2 Å². The predicted octanol–water partition coefficient (Wildman–Crippen LogP) is 1.69. The Morgan fingerprint density at radius 1 is 0.800 bits per heavy atom. The summed E-state index contributed by atoms with van der Waals surface area (Å²) < 4.78 is 37.6. The quantitative estimate of drug-likeness (QED) is 0.238. The monoisotopic (exact) mass is 496 g/mol. The lowest BCUT2D eigenvalue weighted by Gasteiger charge is -2.43. The number of ether oxygens (including phenoxy) is 7.